The molecule has 0 saturated heterocycles. The lowest BCUT2D eigenvalue weighted by Crippen LogP contribution is -2.03. The molecule has 1 heteroatoms. The zero-order valence-corrected chi connectivity index (χ0v) is 14.3. The van der Waals surface area contributed by atoms with E-state index in [1.807, 2.05) is 0 Å². The predicted octanol–water partition coefficient (Wildman–Crippen LogP) is 6.92. The van der Waals surface area contributed by atoms with E-state index in [1.165, 1.54) is 89.9 Å². The van der Waals surface area contributed by atoms with Gasteiger partial charge in [0.25, 0.3) is 0 Å². The predicted molar refractivity (Wildman–Crippen MR) is 89.6 cm³/mol. The van der Waals surface area contributed by atoms with Gasteiger partial charge in [-0.2, -0.15) is 0 Å². The number of rotatable bonds is 16. The van der Waals surface area contributed by atoms with E-state index in [9.17, 15) is 5.11 Å². The maximum Gasteiger partial charge on any atom is 0.0825 e. The molecule has 0 rings (SSSR count). The molecule has 0 aromatic heterocycles. The Hall–Kier alpha value is -0.0400. The molecule has 121 valence electrons. The summed E-state index contributed by atoms with van der Waals surface area (Å²) in [6.45, 7) is 4.67. The minimum Gasteiger partial charge on any atom is -0.237 e. The van der Waals surface area contributed by atoms with Crippen molar-refractivity contribution in [2.45, 2.75) is 110 Å². The summed E-state index contributed by atoms with van der Waals surface area (Å²) in [6, 6.07) is 0. The van der Waals surface area contributed by atoms with Crippen LogP contribution in [-0.2, 0) is 5.11 Å². The normalized spacial score (nSPS) is 11.4. The molecule has 0 bridgehead atoms. The lowest BCUT2D eigenvalue weighted by Gasteiger charge is -2.15. The van der Waals surface area contributed by atoms with Gasteiger partial charge in [0, 0.05) is 0 Å². The van der Waals surface area contributed by atoms with E-state index in [2.05, 4.69) is 13.8 Å². The summed E-state index contributed by atoms with van der Waals surface area (Å²) in [7, 11) is 0. The van der Waals surface area contributed by atoms with Crippen molar-refractivity contribution in [3.8, 4) is 0 Å². The van der Waals surface area contributed by atoms with Crippen LogP contribution in [0.5, 0.6) is 0 Å². The number of hydrogen-bond donors (Lipinski definition) is 0. The van der Waals surface area contributed by atoms with E-state index in [1.54, 1.807) is 0 Å². The Morgan fingerprint density at radius 1 is 0.550 bits per heavy atom. The monoisotopic (exact) mass is 283 g/mol. The van der Waals surface area contributed by atoms with Crippen LogP contribution in [0.1, 0.15) is 110 Å². The minimum atomic E-state index is 0.135. The van der Waals surface area contributed by atoms with Gasteiger partial charge in [0.05, 0.1) is 6.61 Å². The molecule has 1 nitrogen and oxygen atoms in total. The maximum atomic E-state index is 10.9. The molecule has 0 N–H and O–H groups in total. The summed E-state index contributed by atoms with van der Waals surface area (Å²) in [6.07, 6.45) is 20.0. The third-order valence-electron chi connectivity index (χ3n) is 4.46. The Morgan fingerprint density at radius 3 is 1.35 bits per heavy atom. The fourth-order valence-corrected chi connectivity index (χ4v) is 3.03. The van der Waals surface area contributed by atoms with Crippen molar-refractivity contribution < 1.29 is 5.11 Å². The second-order valence-corrected chi connectivity index (χ2v) is 6.47. The van der Waals surface area contributed by atoms with E-state index in [-0.39, 0.29) is 6.61 Å². The third-order valence-corrected chi connectivity index (χ3v) is 4.46. The highest BCUT2D eigenvalue weighted by atomic mass is 16.3. The van der Waals surface area contributed by atoms with Gasteiger partial charge in [-0.05, 0) is 12.3 Å². The standard InChI is InChI=1S/C19H39O/c1-3-5-7-9-11-13-15-19(17-18-20)16-14-12-10-8-6-4-2/h19H,3-18H2,1-2H3. The largest absolute Gasteiger partial charge is 0.237 e. The molecule has 0 aliphatic carbocycles. The van der Waals surface area contributed by atoms with E-state index in [0.717, 1.165) is 12.3 Å². The maximum absolute atomic E-state index is 10.9. The van der Waals surface area contributed by atoms with Crippen LogP contribution < -0.4 is 0 Å². The summed E-state index contributed by atoms with van der Waals surface area (Å²) in [4.78, 5) is 0. The Labute approximate surface area is 128 Å². The summed E-state index contributed by atoms with van der Waals surface area (Å²) in [5, 5.41) is 10.9. The zero-order chi connectivity index (χ0) is 14.9. The van der Waals surface area contributed by atoms with Crippen molar-refractivity contribution in [1.29, 1.82) is 0 Å². The van der Waals surface area contributed by atoms with Gasteiger partial charge >= 0.3 is 0 Å². The van der Waals surface area contributed by atoms with Gasteiger partial charge < -0.3 is 0 Å². The van der Waals surface area contributed by atoms with Gasteiger partial charge in [0.15, 0.2) is 0 Å². The molecular weight excluding hydrogens is 244 g/mol. The summed E-state index contributed by atoms with van der Waals surface area (Å²) >= 11 is 0. The highest BCUT2D eigenvalue weighted by Gasteiger charge is 2.08. The minimum absolute atomic E-state index is 0.135. The zero-order valence-electron chi connectivity index (χ0n) is 14.3. The first kappa shape index (κ1) is 20.0. The molecule has 0 amide bonds. The molecule has 1 radical (unpaired) electrons. The van der Waals surface area contributed by atoms with Crippen molar-refractivity contribution >= 4 is 0 Å². The highest BCUT2D eigenvalue weighted by Crippen LogP contribution is 2.21. The molecule has 0 aromatic rings. The van der Waals surface area contributed by atoms with Crippen molar-refractivity contribution in [1.82, 2.24) is 0 Å². The van der Waals surface area contributed by atoms with Gasteiger partial charge in [-0.3, -0.25) is 0 Å². The fraction of sp³-hybridized carbons (Fsp3) is 1.00. The van der Waals surface area contributed by atoms with Crippen LogP contribution in [-0.4, -0.2) is 6.61 Å². The smallest absolute Gasteiger partial charge is 0.0825 e. The van der Waals surface area contributed by atoms with Gasteiger partial charge in [-0.15, -0.1) is 0 Å². The van der Waals surface area contributed by atoms with Crippen LogP contribution >= 0.6 is 0 Å². The van der Waals surface area contributed by atoms with Crippen LogP contribution in [0.25, 0.3) is 0 Å². The second kappa shape index (κ2) is 17.0. The first-order valence-electron chi connectivity index (χ1n) is 9.43. The van der Waals surface area contributed by atoms with E-state index >= 15 is 0 Å². The fourth-order valence-electron chi connectivity index (χ4n) is 3.03. The van der Waals surface area contributed by atoms with Crippen molar-refractivity contribution in [2.75, 3.05) is 6.61 Å². The number of hydrogen-bond acceptors (Lipinski definition) is 0. The number of unbranched alkanes of at least 4 members (excludes halogenated alkanes) is 10. The highest BCUT2D eigenvalue weighted by molar-refractivity contribution is 4.60. The Bertz CT molecular complexity index is 151. The molecule has 0 aliphatic heterocycles. The van der Waals surface area contributed by atoms with Gasteiger partial charge in [0.1, 0.15) is 0 Å². The SMILES string of the molecule is CCCCCCCCC(CC[O])CCCCCCCC. The molecule has 0 atom stereocenters. The summed E-state index contributed by atoms with van der Waals surface area (Å²) in [5.74, 6) is 0.727. The lowest BCUT2D eigenvalue weighted by atomic mass is 9.92. The van der Waals surface area contributed by atoms with Crippen LogP contribution in [0.2, 0.25) is 0 Å². The first-order valence-corrected chi connectivity index (χ1v) is 9.43. The average Bonchev–Trinajstić information content (AvgIpc) is 2.46. The van der Waals surface area contributed by atoms with Crippen LogP contribution in [0.4, 0.5) is 0 Å². The molecule has 20 heavy (non-hydrogen) atoms. The van der Waals surface area contributed by atoms with E-state index in [0.29, 0.717) is 0 Å². The van der Waals surface area contributed by atoms with E-state index < -0.39 is 0 Å². The molecular formula is C19H39O. The van der Waals surface area contributed by atoms with Crippen molar-refractivity contribution in [3.63, 3.8) is 0 Å². The van der Waals surface area contributed by atoms with Gasteiger partial charge in [-0.1, -0.05) is 104 Å². The topological polar surface area (TPSA) is 19.9 Å². The van der Waals surface area contributed by atoms with Gasteiger partial charge in [0.2, 0.25) is 0 Å². The first-order chi connectivity index (χ1) is 9.85. The molecule has 0 fully saturated rings. The van der Waals surface area contributed by atoms with Crippen LogP contribution in [0.15, 0.2) is 0 Å². The quantitative estimate of drug-likeness (QED) is 0.274. The van der Waals surface area contributed by atoms with Crippen molar-refractivity contribution in [2.24, 2.45) is 5.92 Å². The molecule has 0 aliphatic rings. The molecule has 0 spiro atoms. The molecule has 0 aromatic carbocycles. The van der Waals surface area contributed by atoms with Crippen LogP contribution in [0.3, 0.4) is 0 Å². The lowest BCUT2D eigenvalue weighted by molar-refractivity contribution is 0.163. The molecule has 0 saturated carbocycles. The summed E-state index contributed by atoms with van der Waals surface area (Å²) < 4.78 is 0. The van der Waals surface area contributed by atoms with Crippen LogP contribution in [0, 0.1) is 5.92 Å². The Kier molecular flexibility index (Phi) is 17.0. The molecule has 0 unspecified atom stereocenters. The Morgan fingerprint density at radius 2 is 0.950 bits per heavy atom. The molecule has 0 heterocycles. The summed E-state index contributed by atoms with van der Waals surface area (Å²) in [5.41, 5.74) is 0. The average molecular weight is 284 g/mol. The van der Waals surface area contributed by atoms with Gasteiger partial charge in [-0.25, -0.2) is 5.11 Å². The second-order valence-electron chi connectivity index (χ2n) is 6.47. The van der Waals surface area contributed by atoms with E-state index in [4.69, 9.17) is 0 Å². The van der Waals surface area contributed by atoms with Crippen molar-refractivity contribution in [3.05, 3.63) is 0 Å². The Balaban J connectivity index is 3.45. The third kappa shape index (κ3) is 14.4.